The SMILES string of the molecule is CC1(F)CCN(c2ccc(NC(=O)c3n[nH]c4ccc(-c5cncc(CN6CCC(F)(F)C6)c5)cc34)cn2)C1.CC1(F)CCN(c2ccc(NC(=O)c3n[nH]c4ccc(-c5cncc(CN6CCC(F)(F)CC6)c5)cc34)cn2)C1.CC1(F)CCN(c2ccc(NC(=O)c3n[nH]c4ccc(-c5cncc(N6CCCC6)c5)cc34)cn2)C1. The Bertz CT molecular complexity index is 5530. The van der Waals surface area contributed by atoms with Crippen molar-refractivity contribution in [3.8, 4) is 33.4 Å². The highest BCUT2D eigenvalue weighted by Gasteiger charge is 2.40. The van der Waals surface area contributed by atoms with Crippen LogP contribution in [-0.2, 0) is 13.1 Å². The fraction of sp³-hybridized carbons (Fsp3) is 0.357. The molecule has 0 radical (unpaired) electrons. The Labute approximate surface area is 657 Å². The topological polar surface area (TPSA) is 270 Å². The van der Waals surface area contributed by atoms with Gasteiger partial charge in [0.1, 0.15) is 34.5 Å². The second kappa shape index (κ2) is 31.8. The highest BCUT2D eigenvalue weighted by atomic mass is 19.3. The molecule has 15 heterocycles. The van der Waals surface area contributed by atoms with Gasteiger partial charge < -0.3 is 35.6 Å². The predicted molar refractivity (Wildman–Crippen MR) is 429 cm³/mol. The third kappa shape index (κ3) is 18.2. The van der Waals surface area contributed by atoms with E-state index in [1.807, 2.05) is 98.7 Å². The van der Waals surface area contributed by atoms with Gasteiger partial charge in [0, 0.05) is 168 Å². The minimum absolute atomic E-state index is 0.126. The smallest absolute Gasteiger partial charge is 0.276 e. The van der Waals surface area contributed by atoms with Crippen molar-refractivity contribution < 1.29 is 45.1 Å². The van der Waals surface area contributed by atoms with Gasteiger partial charge in [-0.2, -0.15) is 15.3 Å². The van der Waals surface area contributed by atoms with Crippen LogP contribution in [0.1, 0.15) is 115 Å². The second-order valence-electron chi connectivity index (χ2n) is 31.6. The van der Waals surface area contributed by atoms with Crippen molar-refractivity contribution >= 4 is 90.6 Å². The number of benzene rings is 3. The number of nitrogens with one attached hydrogen (secondary N) is 6. The molecular weight excluding hydrogens is 1480 g/mol. The molecule has 0 aliphatic carbocycles. The van der Waals surface area contributed by atoms with Crippen LogP contribution in [0, 0.1) is 0 Å². The minimum atomic E-state index is -2.64. The Morgan fingerprint density at radius 1 is 0.365 bits per heavy atom. The number of nitrogens with zero attached hydrogens (tertiary/aromatic N) is 15. The number of hydrogen-bond acceptors (Lipinski definition) is 18. The standard InChI is InChI=1S/C29H30F3N7O.C28H28F3N7O.C27H28FN7O/c1-28(30)6-11-39(18-28)25-5-3-22(16-34-25)35-27(40)26-23-13-20(2-4-24(23)36-37-26)21-12-19(14-33-15-21)17-38-9-7-29(31,32)8-10-38;1-27(29)6-9-38(16-27)24-5-3-21(14-33-24)34-26(39)25-22-11-19(2-4-23(22)35-36-25)20-10-18(12-32-13-20)15-37-8-7-28(30,31)17-37;1-27(28)8-11-35(17-27)24-7-5-20(15-30-24)31-26(36)25-22-13-18(4-6-23(22)32-33-25)19-12-21(16-29-14-19)34-9-2-3-10-34/h2-5,12-16H,6-11,17-18H2,1H3,(H,35,40)(H,36,37);2-5,10-14H,6-9,15-17H2,1H3,(H,34,39)(H,35,36);4-7,12-16H,2-3,8-11,17H2,1H3,(H,31,36)(H,32,33). The Kier molecular flexibility index (Phi) is 21.3. The van der Waals surface area contributed by atoms with Crippen LogP contribution in [0.15, 0.2) is 165 Å². The van der Waals surface area contributed by atoms with Gasteiger partial charge in [0.05, 0.1) is 90.3 Å². The Balaban J connectivity index is 0.000000130. The number of halogens is 7. The van der Waals surface area contributed by atoms with Crippen molar-refractivity contribution in [1.29, 1.82) is 0 Å². The number of aromatic amines is 3. The molecule has 12 aromatic rings. The van der Waals surface area contributed by atoms with E-state index < -0.39 is 34.8 Å². The lowest BCUT2D eigenvalue weighted by Crippen LogP contribution is -2.38. The average Bonchev–Trinajstić information content (AvgIpc) is 1.67. The normalized spacial score (nSPS) is 20.7. The van der Waals surface area contributed by atoms with Gasteiger partial charge >= 0.3 is 0 Å². The van der Waals surface area contributed by atoms with E-state index in [2.05, 4.69) is 87.4 Å². The summed E-state index contributed by atoms with van der Waals surface area (Å²) in [7, 11) is 0. The van der Waals surface area contributed by atoms with Crippen LogP contribution >= 0.6 is 0 Å². The number of rotatable bonds is 17. The van der Waals surface area contributed by atoms with Crippen LogP contribution < -0.4 is 35.6 Å². The molecule has 6 aliphatic rings. The number of carbonyl (C=O) groups is 3. The van der Waals surface area contributed by atoms with E-state index in [4.69, 9.17) is 0 Å². The molecule has 6 fully saturated rings. The summed E-state index contributed by atoms with van der Waals surface area (Å²) < 4.78 is 96.8. The fourth-order valence-electron chi connectivity index (χ4n) is 15.7. The van der Waals surface area contributed by atoms with E-state index in [-0.39, 0.29) is 49.0 Å². The van der Waals surface area contributed by atoms with Crippen LogP contribution in [0.4, 0.5) is 70.9 Å². The molecule has 6 N–H and O–H groups in total. The fourth-order valence-corrected chi connectivity index (χ4v) is 15.7. The van der Waals surface area contributed by atoms with Crippen LogP contribution in [-0.4, -0.2) is 195 Å². The van der Waals surface area contributed by atoms with Crippen LogP contribution in [0.5, 0.6) is 0 Å². The number of hydrogen-bond donors (Lipinski definition) is 6. The maximum Gasteiger partial charge on any atom is 0.276 e. The van der Waals surface area contributed by atoms with Crippen molar-refractivity contribution in [2.45, 2.75) is 114 Å². The van der Waals surface area contributed by atoms with Crippen molar-refractivity contribution in [3.05, 3.63) is 193 Å². The summed E-state index contributed by atoms with van der Waals surface area (Å²) in [4.78, 5) is 77.5. The first-order valence-electron chi connectivity index (χ1n) is 38.6. The zero-order valence-corrected chi connectivity index (χ0v) is 63.7. The summed E-state index contributed by atoms with van der Waals surface area (Å²) in [6, 6.07) is 33.9. The Morgan fingerprint density at radius 3 is 1.09 bits per heavy atom. The molecule has 3 atom stereocenters. The van der Waals surface area contributed by atoms with Crippen LogP contribution in [0.2, 0.25) is 0 Å². The molecular formula is C84H86F7N21O3. The Morgan fingerprint density at radius 2 is 0.730 bits per heavy atom. The molecule has 9 aromatic heterocycles. The number of carbonyl (C=O) groups excluding carboxylic acids is 3. The van der Waals surface area contributed by atoms with Crippen molar-refractivity contribution in [2.75, 3.05) is 114 Å². The molecule has 0 saturated carbocycles. The highest BCUT2D eigenvalue weighted by Crippen LogP contribution is 2.37. The van der Waals surface area contributed by atoms with Crippen molar-refractivity contribution in [2.24, 2.45) is 0 Å². The maximum atomic E-state index is 14.2. The number of aromatic nitrogens is 12. The lowest BCUT2D eigenvalue weighted by atomic mass is 10.0. The Hall–Kier alpha value is -12.0. The summed E-state index contributed by atoms with van der Waals surface area (Å²) in [5.41, 5.74) is 9.15. The van der Waals surface area contributed by atoms with E-state index in [0.29, 0.717) is 153 Å². The number of likely N-dealkylation sites (tertiary alicyclic amines) is 2. The quantitative estimate of drug-likeness (QED) is 0.0462. The number of alkyl halides is 7. The molecule has 18 rings (SSSR count). The predicted octanol–water partition coefficient (Wildman–Crippen LogP) is 15.3. The number of H-pyrrole nitrogens is 3. The van der Waals surface area contributed by atoms with Gasteiger partial charge in [0.25, 0.3) is 29.6 Å². The van der Waals surface area contributed by atoms with Gasteiger partial charge in [0.2, 0.25) is 0 Å². The van der Waals surface area contributed by atoms with Crippen molar-refractivity contribution in [3.63, 3.8) is 0 Å². The molecule has 115 heavy (non-hydrogen) atoms. The van der Waals surface area contributed by atoms with Crippen LogP contribution in [0.3, 0.4) is 0 Å². The van der Waals surface area contributed by atoms with Gasteiger partial charge in [-0.05, 0) is 152 Å². The third-order valence-corrected chi connectivity index (χ3v) is 22.0. The molecule has 24 nitrogen and oxygen atoms in total. The van der Waals surface area contributed by atoms with Crippen LogP contribution in [0.25, 0.3) is 66.1 Å². The van der Waals surface area contributed by atoms with Gasteiger partial charge in [-0.3, -0.25) is 54.4 Å². The number of piperidine rings is 1. The third-order valence-electron chi connectivity index (χ3n) is 22.0. The van der Waals surface area contributed by atoms with E-state index in [9.17, 15) is 45.1 Å². The van der Waals surface area contributed by atoms with Gasteiger partial charge in [-0.1, -0.05) is 18.2 Å². The van der Waals surface area contributed by atoms with Gasteiger partial charge in [0.15, 0.2) is 17.1 Å². The molecule has 31 heteroatoms. The molecule has 3 amide bonds. The minimum Gasteiger partial charge on any atom is -0.370 e. The first kappa shape index (κ1) is 77.0. The second-order valence-corrected chi connectivity index (χ2v) is 31.6. The average molecular weight is 1570 g/mol. The lowest BCUT2D eigenvalue weighted by Gasteiger charge is -2.31. The zero-order valence-electron chi connectivity index (χ0n) is 63.7. The monoisotopic (exact) mass is 1570 g/mol. The van der Waals surface area contributed by atoms with Gasteiger partial charge in [-0.25, -0.2) is 45.7 Å². The van der Waals surface area contributed by atoms with Crippen molar-refractivity contribution in [1.82, 2.24) is 70.3 Å². The highest BCUT2D eigenvalue weighted by molar-refractivity contribution is 6.13. The van der Waals surface area contributed by atoms with E-state index >= 15 is 0 Å². The number of fused-ring (bicyclic) bond motifs is 3. The summed E-state index contributed by atoms with van der Waals surface area (Å²) in [5, 5.41) is 32.1. The molecule has 6 aliphatic heterocycles. The van der Waals surface area contributed by atoms with Gasteiger partial charge in [-0.15, -0.1) is 0 Å². The number of pyridine rings is 6. The first-order valence-corrected chi connectivity index (χ1v) is 38.6. The van der Waals surface area contributed by atoms with E-state index in [1.54, 1.807) is 105 Å². The molecule has 594 valence electrons. The summed E-state index contributed by atoms with van der Waals surface area (Å²) in [6.07, 6.45) is 18.8. The molecule has 0 bridgehead atoms. The number of amides is 3. The summed E-state index contributed by atoms with van der Waals surface area (Å²) in [5.74, 6) is -4.29. The lowest BCUT2D eigenvalue weighted by molar-refractivity contribution is -0.0566. The maximum absolute atomic E-state index is 14.2. The van der Waals surface area contributed by atoms with E-state index in [0.717, 1.165) is 74.2 Å². The summed E-state index contributed by atoms with van der Waals surface area (Å²) in [6.45, 7) is 11.4. The van der Waals surface area contributed by atoms with E-state index in [1.165, 1.54) is 12.8 Å². The molecule has 3 unspecified atom stereocenters. The molecule has 0 spiro atoms. The molecule has 6 saturated heterocycles. The first-order chi connectivity index (χ1) is 55.2. The molecule has 3 aromatic carbocycles. The summed E-state index contributed by atoms with van der Waals surface area (Å²) >= 11 is 0. The number of anilines is 7. The largest absolute Gasteiger partial charge is 0.370 e. The zero-order chi connectivity index (χ0) is 79.8.